The van der Waals surface area contributed by atoms with E-state index in [1.165, 1.54) is 6.07 Å². The van der Waals surface area contributed by atoms with Crippen LogP contribution in [0.15, 0.2) is 46.1 Å². The maximum absolute atomic E-state index is 12.3. The molecule has 1 fully saturated rings. The van der Waals surface area contributed by atoms with Crippen molar-refractivity contribution in [1.29, 1.82) is 0 Å². The van der Waals surface area contributed by atoms with E-state index in [0.29, 0.717) is 55.5 Å². The predicted octanol–water partition coefficient (Wildman–Crippen LogP) is 2.19. The Morgan fingerprint density at radius 1 is 1.33 bits per heavy atom. The molecule has 0 N–H and O–H groups in total. The lowest BCUT2D eigenvalue weighted by atomic mass is 10.2. The fourth-order valence-corrected chi connectivity index (χ4v) is 2.34. The van der Waals surface area contributed by atoms with Crippen LogP contribution >= 0.6 is 0 Å². The molecule has 5 nitrogen and oxygen atoms in total. The summed E-state index contributed by atoms with van der Waals surface area (Å²) in [6, 6.07) is 6.85. The van der Waals surface area contributed by atoms with E-state index >= 15 is 0 Å². The zero-order valence-electron chi connectivity index (χ0n) is 11.7. The Balaban J connectivity index is 2.07. The van der Waals surface area contributed by atoms with Gasteiger partial charge >= 0.3 is 0 Å². The van der Waals surface area contributed by atoms with E-state index in [4.69, 9.17) is 13.9 Å². The van der Waals surface area contributed by atoms with Crippen LogP contribution in [0, 0.1) is 0 Å². The minimum Gasteiger partial charge on any atom is -0.486 e. The van der Waals surface area contributed by atoms with Crippen molar-refractivity contribution in [3.05, 3.63) is 47.1 Å². The number of ether oxygens (including phenoxy) is 2. The Kier molecular flexibility index (Phi) is 3.92. The lowest BCUT2D eigenvalue weighted by Gasteiger charge is -2.27. The number of nitrogens with zero attached hydrogens (tertiary/aromatic N) is 1. The molecule has 21 heavy (non-hydrogen) atoms. The first-order chi connectivity index (χ1) is 10.3. The molecular formula is C16H17NO4. The van der Waals surface area contributed by atoms with Crippen LogP contribution in [0.3, 0.4) is 0 Å². The highest BCUT2D eigenvalue weighted by Crippen LogP contribution is 2.27. The third-order valence-electron chi connectivity index (χ3n) is 3.39. The molecule has 0 aliphatic carbocycles. The van der Waals surface area contributed by atoms with Crippen molar-refractivity contribution < 1.29 is 13.9 Å². The SMILES string of the molecule is C=CCOc1cccc2c(=O)cc(N3CCOCC3)oc12. The van der Waals surface area contributed by atoms with Crippen molar-refractivity contribution >= 4 is 16.9 Å². The van der Waals surface area contributed by atoms with Gasteiger partial charge in [-0.15, -0.1) is 0 Å². The third kappa shape index (κ3) is 2.78. The summed E-state index contributed by atoms with van der Waals surface area (Å²) in [6.45, 7) is 6.69. The van der Waals surface area contributed by atoms with Crippen molar-refractivity contribution in [2.45, 2.75) is 0 Å². The molecule has 0 unspecified atom stereocenters. The highest BCUT2D eigenvalue weighted by atomic mass is 16.5. The van der Waals surface area contributed by atoms with Gasteiger partial charge in [0.05, 0.1) is 18.6 Å². The largest absolute Gasteiger partial charge is 0.486 e. The van der Waals surface area contributed by atoms with Crippen molar-refractivity contribution in [2.24, 2.45) is 0 Å². The second-order valence-electron chi connectivity index (χ2n) is 4.78. The number of hydrogen-bond donors (Lipinski definition) is 0. The summed E-state index contributed by atoms with van der Waals surface area (Å²) in [7, 11) is 0. The summed E-state index contributed by atoms with van der Waals surface area (Å²) >= 11 is 0. The summed E-state index contributed by atoms with van der Waals surface area (Å²) in [5.74, 6) is 1.12. The first-order valence-electron chi connectivity index (χ1n) is 6.93. The summed E-state index contributed by atoms with van der Waals surface area (Å²) in [4.78, 5) is 14.3. The van der Waals surface area contributed by atoms with E-state index in [1.54, 1.807) is 24.3 Å². The molecule has 0 saturated carbocycles. The van der Waals surface area contributed by atoms with Gasteiger partial charge < -0.3 is 18.8 Å². The smallest absolute Gasteiger partial charge is 0.200 e. The van der Waals surface area contributed by atoms with E-state index < -0.39 is 0 Å². The van der Waals surface area contributed by atoms with Gasteiger partial charge in [-0.05, 0) is 12.1 Å². The fourth-order valence-electron chi connectivity index (χ4n) is 2.34. The van der Waals surface area contributed by atoms with Gasteiger partial charge in [-0.25, -0.2) is 0 Å². The van der Waals surface area contributed by atoms with Gasteiger partial charge in [-0.1, -0.05) is 18.7 Å². The maximum atomic E-state index is 12.3. The molecule has 0 spiro atoms. The molecule has 0 radical (unpaired) electrons. The Labute approximate surface area is 122 Å². The Hall–Kier alpha value is -2.27. The number of benzene rings is 1. The van der Waals surface area contributed by atoms with Crippen LogP contribution in [0.5, 0.6) is 5.75 Å². The van der Waals surface area contributed by atoms with Crippen LogP contribution < -0.4 is 15.1 Å². The topological polar surface area (TPSA) is 51.9 Å². The van der Waals surface area contributed by atoms with Crippen LogP contribution in [0.25, 0.3) is 11.0 Å². The molecular weight excluding hydrogens is 270 g/mol. The Morgan fingerprint density at radius 3 is 2.90 bits per heavy atom. The molecule has 5 heteroatoms. The van der Waals surface area contributed by atoms with Crippen LogP contribution in [0.2, 0.25) is 0 Å². The van der Waals surface area contributed by atoms with Gasteiger partial charge in [0.15, 0.2) is 22.6 Å². The molecule has 1 aliphatic rings. The van der Waals surface area contributed by atoms with E-state index in [2.05, 4.69) is 6.58 Å². The van der Waals surface area contributed by atoms with Gasteiger partial charge in [0.25, 0.3) is 0 Å². The highest BCUT2D eigenvalue weighted by Gasteiger charge is 2.16. The van der Waals surface area contributed by atoms with E-state index in [9.17, 15) is 4.79 Å². The fraction of sp³-hybridized carbons (Fsp3) is 0.312. The second-order valence-corrected chi connectivity index (χ2v) is 4.78. The van der Waals surface area contributed by atoms with Crippen molar-refractivity contribution in [2.75, 3.05) is 37.8 Å². The zero-order chi connectivity index (χ0) is 14.7. The number of fused-ring (bicyclic) bond motifs is 1. The lowest BCUT2D eigenvalue weighted by Crippen LogP contribution is -2.36. The molecule has 2 heterocycles. The Bertz CT molecular complexity index is 701. The minimum atomic E-state index is -0.0678. The second kappa shape index (κ2) is 6.01. The molecule has 0 amide bonds. The standard InChI is InChI=1S/C16H17NO4/c1-2-8-20-14-5-3-4-12-13(18)11-15(21-16(12)14)17-6-9-19-10-7-17/h2-5,11H,1,6-10H2. The minimum absolute atomic E-state index is 0.0678. The average Bonchev–Trinajstić information content (AvgIpc) is 2.54. The highest BCUT2D eigenvalue weighted by molar-refractivity contribution is 5.83. The molecule has 0 bridgehead atoms. The molecule has 0 atom stereocenters. The quantitative estimate of drug-likeness (QED) is 0.807. The number of hydrogen-bond acceptors (Lipinski definition) is 5. The van der Waals surface area contributed by atoms with E-state index in [1.807, 2.05) is 4.90 Å². The van der Waals surface area contributed by atoms with E-state index in [-0.39, 0.29) is 5.43 Å². The molecule has 1 aromatic heterocycles. The van der Waals surface area contributed by atoms with Gasteiger partial charge in [-0.3, -0.25) is 4.79 Å². The molecule has 110 valence electrons. The number of rotatable bonds is 4. The van der Waals surface area contributed by atoms with Crippen LogP contribution in [-0.2, 0) is 4.74 Å². The molecule has 1 aromatic carbocycles. The zero-order valence-corrected chi connectivity index (χ0v) is 11.7. The van der Waals surface area contributed by atoms with Crippen molar-refractivity contribution in [3.8, 4) is 5.75 Å². The summed E-state index contributed by atoms with van der Waals surface area (Å²) in [5.41, 5.74) is 0.412. The number of morpholine rings is 1. The van der Waals surface area contributed by atoms with Gasteiger partial charge in [0.1, 0.15) is 6.61 Å². The van der Waals surface area contributed by atoms with E-state index in [0.717, 1.165) is 0 Å². The molecule has 3 rings (SSSR count). The molecule has 1 aliphatic heterocycles. The molecule has 2 aromatic rings. The molecule has 1 saturated heterocycles. The maximum Gasteiger partial charge on any atom is 0.200 e. The lowest BCUT2D eigenvalue weighted by molar-refractivity contribution is 0.120. The number of para-hydroxylation sites is 1. The first-order valence-corrected chi connectivity index (χ1v) is 6.93. The van der Waals surface area contributed by atoms with Crippen LogP contribution in [-0.4, -0.2) is 32.9 Å². The van der Waals surface area contributed by atoms with Crippen molar-refractivity contribution in [1.82, 2.24) is 0 Å². The van der Waals surface area contributed by atoms with Crippen molar-refractivity contribution in [3.63, 3.8) is 0 Å². The van der Waals surface area contributed by atoms with Gasteiger partial charge in [0.2, 0.25) is 0 Å². The summed E-state index contributed by atoms with van der Waals surface area (Å²) in [6.07, 6.45) is 1.66. The first kappa shape index (κ1) is 13.7. The third-order valence-corrected chi connectivity index (χ3v) is 3.39. The van der Waals surface area contributed by atoms with Crippen LogP contribution in [0.4, 0.5) is 5.88 Å². The van der Waals surface area contributed by atoms with Gasteiger partial charge in [-0.2, -0.15) is 0 Å². The number of anilines is 1. The average molecular weight is 287 g/mol. The summed E-state index contributed by atoms with van der Waals surface area (Å²) < 4.78 is 16.8. The Morgan fingerprint density at radius 2 is 2.14 bits per heavy atom. The predicted molar refractivity (Wildman–Crippen MR) is 81.2 cm³/mol. The van der Waals surface area contributed by atoms with Crippen LogP contribution in [0.1, 0.15) is 0 Å². The van der Waals surface area contributed by atoms with Gasteiger partial charge in [0, 0.05) is 19.2 Å². The normalized spacial score (nSPS) is 15.1. The summed E-state index contributed by atoms with van der Waals surface area (Å²) in [5, 5.41) is 0.522. The monoisotopic (exact) mass is 287 g/mol.